The molecule has 1 aromatic carbocycles. The standard InChI is InChI=1S/C12H7Cl2N3O.C11H17F3N2O2.C4H10/c13-8-1-7-4-16-5-9(11(3-15)17-6-18)12(7)10(14)2-8;1-7-5-16(6-10(7,2)3)8(17)4-15-9(18)11(12,13)14;1-4(2)3/h1-2,4-6,11H,(H,17,18);7H,4-6H2,1-3H3,(H,15,18);4H,1-3H3/t;7-;/m.0./s1. The summed E-state index contributed by atoms with van der Waals surface area (Å²) in [4.78, 5) is 38.2. The summed E-state index contributed by atoms with van der Waals surface area (Å²) >= 11 is 12.0. The monoisotopic (exact) mass is 603 g/mol. The second kappa shape index (κ2) is 15.1. The van der Waals surface area contributed by atoms with Gasteiger partial charge in [0.1, 0.15) is 6.04 Å². The summed E-state index contributed by atoms with van der Waals surface area (Å²) in [6.45, 7) is 12.9. The molecule has 0 saturated carbocycles. The molecule has 1 aromatic heterocycles. The predicted molar refractivity (Wildman–Crippen MR) is 148 cm³/mol. The number of pyridine rings is 1. The number of nitrogens with zero attached hydrogens (tertiary/aromatic N) is 3. The molecule has 3 rings (SSSR count). The first-order valence-corrected chi connectivity index (χ1v) is 13.1. The third-order valence-electron chi connectivity index (χ3n) is 5.91. The van der Waals surface area contributed by atoms with E-state index in [1.54, 1.807) is 23.6 Å². The molecule has 3 amide bonds. The average Bonchev–Trinajstić information content (AvgIpc) is 3.11. The van der Waals surface area contributed by atoms with Crippen LogP contribution in [0.25, 0.3) is 10.8 Å². The molecule has 1 saturated heterocycles. The van der Waals surface area contributed by atoms with E-state index in [1.807, 2.05) is 26.8 Å². The maximum Gasteiger partial charge on any atom is 0.471 e. The van der Waals surface area contributed by atoms with Gasteiger partial charge in [0.05, 0.1) is 17.6 Å². The first-order chi connectivity index (χ1) is 18.4. The molecule has 1 aliphatic rings. The number of halogens is 5. The molecule has 0 bridgehead atoms. The second-order valence-corrected chi connectivity index (χ2v) is 11.5. The Balaban J connectivity index is 0.000000353. The molecule has 2 atom stereocenters. The molecule has 2 N–H and O–H groups in total. The van der Waals surface area contributed by atoms with E-state index in [0.29, 0.717) is 40.5 Å². The van der Waals surface area contributed by atoms with Gasteiger partial charge in [-0.2, -0.15) is 18.4 Å². The van der Waals surface area contributed by atoms with Crippen LogP contribution in [0.15, 0.2) is 24.5 Å². The largest absolute Gasteiger partial charge is 0.471 e. The molecular weight excluding hydrogens is 570 g/mol. The van der Waals surface area contributed by atoms with Gasteiger partial charge in [-0.15, -0.1) is 0 Å². The number of carbonyl (C=O) groups is 3. The Kier molecular flexibility index (Phi) is 13.1. The van der Waals surface area contributed by atoms with Crippen LogP contribution in [0.2, 0.25) is 10.0 Å². The number of hydrogen-bond acceptors (Lipinski definition) is 5. The van der Waals surface area contributed by atoms with Gasteiger partial charge in [-0.3, -0.25) is 19.4 Å². The average molecular weight is 605 g/mol. The molecule has 1 unspecified atom stereocenters. The van der Waals surface area contributed by atoms with Crippen molar-refractivity contribution in [2.45, 2.75) is 53.8 Å². The fourth-order valence-corrected chi connectivity index (χ4v) is 4.21. The van der Waals surface area contributed by atoms with E-state index in [4.69, 9.17) is 28.5 Å². The van der Waals surface area contributed by atoms with E-state index < -0.39 is 30.6 Å². The minimum Gasteiger partial charge on any atom is -0.340 e. The first kappa shape index (κ1) is 34.9. The molecule has 0 spiro atoms. The third-order valence-corrected chi connectivity index (χ3v) is 6.43. The van der Waals surface area contributed by atoms with Crippen molar-refractivity contribution in [3.05, 3.63) is 40.1 Å². The number of amides is 3. The number of rotatable bonds is 5. The molecule has 0 radical (unpaired) electrons. The molecule has 1 fully saturated rings. The highest BCUT2D eigenvalue weighted by Crippen LogP contribution is 2.34. The molecule has 8 nitrogen and oxygen atoms in total. The lowest BCUT2D eigenvalue weighted by Crippen LogP contribution is -2.44. The maximum absolute atomic E-state index is 11.9. The Labute approximate surface area is 242 Å². The summed E-state index contributed by atoms with van der Waals surface area (Å²) in [6, 6.07) is 4.48. The molecule has 40 heavy (non-hydrogen) atoms. The van der Waals surface area contributed by atoms with Gasteiger partial charge in [0.2, 0.25) is 12.3 Å². The highest BCUT2D eigenvalue weighted by molar-refractivity contribution is 6.38. The zero-order valence-electron chi connectivity index (χ0n) is 23.2. The Morgan fingerprint density at radius 2 is 1.85 bits per heavy atom. The van der Waals surface area contributed by atoms with Crippen LogP contribution in [0.5, 0.6) is 0 Å². The number of carbonyl (C=O) groups excluding carboxylic acids is 3. The summed E-state index contributed by atoms with van der Waals surface area (Å²) < 4.78 is 35.8. The number of nitrogens with one attached hydrogen (secondary N) is 2. The van der Waals surface area contributed by atoms with Crippen molar-refractivity contribution >= 4 is 52.2 Å². The zero-order valence-corrected chi connectivity index (χ0v) is 24.7. The SMILES string of the molecule is CC(C)C.C[C@H]1CN(C(=O)CNC(=O)C(F)(F)F)CC1(C)C.N#CC(NC=O)c1cncc2cc(Cl)cc(Cl)c12. The Bertz CT molecular complexity index is 1230. The summed E-state index contributed by atoms with van der Waals surface area (Å²) in [5.74, 6) is -1.45. The van der Waals surface area contributed by atoms with Crippen LogP contribution in [0, 0.1) is 28.6 Å². The smallest absolute Gasteiger partial charge is 0.340 e. The van der Waals surface area contributed by atoms with E-state index >= 15 is 0 Å². The topological polar surface area (TPSA) is 115 Å². The highest BCUT2D eigenvalue weighted by atomic mass is 35.5. The van der Waals surface area contributed by atoms with Crippen LogP contribution < -0.4 is 10.6 Å². The number of fused-ring (bicyclic) bond motifs is 1. The lowest BCUT2D eigenvalue weighted by Gasteiger charge is -2.22. The summed E-state index contributed by atoms with van der Waals surface area (Å²) in [5.41, 5.74) is 0.493. The van der Waals surface area contributed by atoms with E-state index in [9.17, 15) is 27.6 Å². The van der Waals surface area contributed by atoms with Gasteiger partial charge < -0.3 is 15.5 Å². The van der Waals surface area contributed by atoms with Crippen LogP contribution in [0.4, 0.5) is 13.2 Å². The number of benzene rings is 1. The number of likely N-dealkylation sites (tertiary alicyclic amines) is 1. The van der Waals surface area contributed by atoms with E-state index in [-0.39, 0.29) is 11.3 Å². The lowest BCUT2D eigenvalue weighted by atomic mass is 9.84. The van der Waals surface area contributed by atoms with Gasteiger partial charge in [-0.25, -0.2) is 0 Å². The van der Waals surface area contributed by atoms with Crippen molar-refractivity contribution in [2.24, 2.45) is 17.3 Å². The predicted octanol–water partition coefficient (Wildman–Crippen LogP) is 5.68. The Morgan fingerprint density at radius 3 is 2.33 bits per heavy atom. The summed E-state index contributed by atoms with van der Waals surface area (Å²) in [6.07, 6.45) is -1.37. The molecule has 0 aliphatic carbocycles. The normalized spacial score (nSPS) is 16.6. The molecule has 2 heterocycles. The van der Waals surface area contributed by atoms with Crippen molar-refractivity contribution in [1.29, 1.82) is 5.26 Å². The van der Waals surface area contributed by atoms with Crippen LogP contribution >= 0.6 is 23.2 Å². The minimum atomic E-state index is -4.95. The van der Waals surface area contributed by atoms with E-state index in [1.165, 1.54) is 11.1 Å². The van der Waals surface area contributed by atoms with Crippen LogP contribution in [-0.2, 0) is 14.4 Å². The highest BCUT2D eigenvalue weighted by Gasteiger charge is 2.41. The second-order valence-electron chi connectivity index (χ2n) is 10.6. The van der Waals surface area contributed by atoms with Crippen molar-refractivity contribution < 1.29 is 27.6 Å². The summed E-state index contributed by atoms with van der Waals surface area (Å²) in [5, 5.41) is 15.3. The third kappa shape index (κ3) is 10.5. The number of nitriles is 1. The van der Waals surface area contributed by atoms with Crippen LogP contribution in [-0.4, -0.2) is 53.9 Å². The number of aromatic nitrogens is 1. The molecule has 1 aliphatic heterocycles. The van der Waals surface area contributed by atoms with Gasteiger partial charge >= 0.3 is 12.1 Å². The van der Waals surface area contributed by atoms with Gasteiger partial charge in [0.25, 0.3) is 0 Å². The van der Waals surface area contributed by atoms with E-state index in [2.05, 4.69) is 31.1 Å². The zero-order chi connectivity index (χ0) is 30.8. The first-order valence-electron chi connectivity index (χ1n) is 12.4. The van der Waals surface area contributed by atoms with Gasteiger partial charge in [-0.05, 0) is 29.4 Å². The molecule has 2 aromatic rings. The Morgan fingerprint density at radius 1 is 1.25 bits per heavy atom. The molecular formula is C27H34Cl2F3N5O3. The van der Waals surface area contributed by atoms with Crippen LogP contribution in [0.1, 0.15) is 53.1 Å². The summed E-state index contributed by atoms with van der Waals surface area (Å²) in [7, 11) is 0. The quantitative estimate of drug-likeness (QED) is 0.426. The fraction of sp³-hybridized carbons (Fsp3) is 0.519. The van der Waals surface area contributed by atoms with Gasteiger partial charge in [0.15, 0.2) is 0 Å². The van der Waals surface area contributed by atoms with Crippen molar-refractivity contribution in [3.63, 3.8) is 0 Å². The van der Waals surface area contributed by atoms with E-state index in [0.717, 1.165) is 11.3 Å². The maximum atomic E-state index is 11.9. The lowest BCUT2D eigenvalue weighted by molar-refractivity contribution is -0.174. The number of alkyl halides is 3. The van der Waals surface area contributed by atoms with Gasteiger partial charge in [0, 0.05) is 46.8 Å². The molecule has 13 heteroatoms. The Hall–Kier alpha value is -3.10. The molecule has 220 valence electrons. The number of hydrogen-bond donors (Lipinski definition) is 2. The minimum absolute atomic E-state index is 0.0519. The van der Waals surface area contributed by atoms with Crippen LogP contribution in [0.3, 0.4) is 0 Å². The van der Waals surface area contributed by atoms with Crippen molar-refractivity contribution in [1.82, 2.24) is 20.5 Å². The fourth-order valence-electron chi connectivity index (χ4n) is 3.59. The van der Waals surface area contributed by atoms with Crippen molar-refractivity contribution in [3.8, 4) is 6.07 Å². The van der Waals surface area contributed by atoms with Gasteiger partial charge in [-0.1, -0.05) is 64.7 Å². The van der Waals surface area contributed by atoms with Crippen molar-refractivity contribution in [2.75, 3.05) is 19.6 Å².